The molecule has 0 aromatic rings. The summed E-state index contributed by atoms with van der Waals surface area (Å²) >= 11 is 0. The molecule has 0 fully saturated rings. The van der Waals surface area contributed by atoms with Crippen LogP contribution in [-0.4, -0.2) is 0 Å². The molecule has 0 radical (unpaired) electrons. The van der Waals surface area contributed by atoms with Crippen LogP contribution in [0.25, 0.3) is 0 Å². The third-order valence-electron chi connectivity index (χ3n) is 1.17. The number of hydrogen-bond acceptors (Lipinski definition) is 0. The van der Waals surface area contributed by atoms with E-state index in [9.17, 15) is 0 Å². The molecule has 0 aromatic carbocycles. The van der Waals surface area contributed by atoms with E-state index in [0.717, 1.165) is 12.8 Å². The fraction of sp³-hybridized carbons (Fsp3) is 0.200. The van der Waals surface area contributed by atoms with Crippen molar-refractivity contribution < 1.29 is 29.1 Å². The fourth-order valence-corrected chi connectivity index (χ4v) is 0.680. The van der Waals surface area contributed by atoms with Crippen molar-refractivity contribution in [1.82, 2.24) is 0 Å². The van der Waals surface area contributed by atoms with E-state index in [4.69, 9.17) is 0 Å². The minimum absolute atomic E-state index is 0. The summed E-state index contributed by atoms with van der Waals surface area (Å²) in [6.07, 6.45) is 20.0. The van der Waals surface area contributed by atoms with Crippen LogP contribution < -0.4 is 0 Å². The first kappa shape index (κ1) is 10.8. The fourth-order valence-electron chi connectivity index (χ4n) is 0.680. The Hall–Kier alpha value is -0.157. The van der Waals surface area contributed by atoms with Gasteiger partial charge in [0.1, 0.15) is 0 Å². The van der Waals surface area contributed by atoms with Crippen LogP contribution in [0.1, 0.15) is 15.7 Å². The molecule has 0 heterocycles. The molecule has 0 atom stereocenters. The standard InChI is InChI=1S/2C5H5.Zr.2H/c2*1-2-4-5-3-1;;;/h2*1-3H,4H2;;;/q2*-1;+2;2*-1. The van der Waals surface area contributed by atoms with Crippen molar-refractivity contribution in [2.45, 2.75) is 12.8 Å². The van der Waals surface area contributed by atoms with Gasteiger partial charge in [0, 0.05) is 0 Å². The second-order valence-corrected chi connectivity index (χ2v) is 2.01. The first-order valence-corrected chi connectivity index (χ1v) is 3.43. The summed E-state index contributed by atoms with van der Waals surface area (Å²) in [4.78, 5) is 0. The third kappa shape index (κ3) is 6.25. The van der Waals surface area contributed by atoms with Gasteiger partial charge in [-0.1, -0.05) is 0 Å². The van der Waals surface area contributed by atoms with Crippen molar-refractivity contribution in [3.63, 3.8) is 0 Å². The summed E-state index contributed by atoms with van der Waals surface area (Å²) in [5.74, 6) is 0. The van der Waals surface area contributed by atoms with Crippen molar-refractivity contribution in [2.24, 2.45) is 0 Å². The topological polar surface area (TPSA) is 0 Å². The Kier molecular flexibility index (Phi) is 7.83. The van der Waals surface area contributed by atoms with Crippen LogP contribution >= 0.6 is 0 Å². The van der Waals surface area contributed by atoms with Gasteiger partial charge in [0.05, 0.1) is 0 Å². The van der Waals surface area contributed by atoms with E-state index >= 15 is 0 Å². The molecule has 0 unspecified atom stereocenters. The van der Waals surface area contributed by atoms with E-state index < -0.39 is 0 Å². The van der Waals surface area contributed by atoms with Crippen molar-refractivity contribution in [3.8, 4) is 0 Å². The average molecular weight is 223 g/mol. The van der Waals surface area contributed by atoms with E-state index in [1.807, 2.05) is 24.3 Å². The Balaban J connectivity index is -0.000000125. The quantitative estimate of drug-likeness (QED) is 0.554. The molecule has 1 heteroatoms. The second kappa shape index (κ2) is 7.94. The van der Waals surface area contributed by atoms with E-state index in [2.05, 4.69) is 24.3 Å². The molecule has 0 aromatic heterocycles. The van der Waals surface area contributed by atoms with E-state index in [1.54, 1.807) is 0 Å². The molecule has 0 N–H and O–H groups in total. The maximum atomic E-state index is 2.99. The Morgan fingerprint density at radius 3 is 1.45 bits per heavy atom. The zero-order valence-electron chi connectivity index (χ0n) is 8.38. The van der Waals surface area contributed by atoms with Crippen LogP contribution in [0.2, 0.25) is 0 Å². The van der Waals surface area contributed by atoms with Crippen LogP contribution in [0.15, 0.2) is 36.5 Å². The SMILES string of the molecule is [C-]1=CC=CC1.[C-]1=CC=CC1.[H-].[H-].[Zr+2]. The molecule has 2 aliphatic rings. The molecule has 0 saturated heterocycles. The van der Waals surface area contributed by atoms with Crippen molar-refractivity contribution in [2.75, 3.05) is 0 Å². The summed E-state index contributed by atoms with van der Waals surface area (Å²) in [5.41, 5.74) is 0. The molecule has 0 amide bonds. The monoisotopic (exact) mass is 222 g/mol. The van der Waals surface area contributed by atoms with Crippen LogP contribution in [0.5, 0.6) is 0 Å². The van der Waals surface area contributed by atoms with E-state index in [0.29, 0.717) is 0 Å². The molecule has 58 valence electrons. The van der Waals surface area contributed by atoms with Gasteiger partial charge in [-0.3, -0.25) is 12.2 Å². The molecule has 2 rings (SSSR count). The van der Waals surface area contributed by atoms with Gasteiger partial charge >= 0.3 is 26.2 Å². The van der Waals surface area contributed by atoms with Gasteiger partial charge in [-0.25, -0.2) is 24.3 Å². The molecule has 0 aliphatic heterocycles. The minimum Gasteiger partial charge on any atom is -1.00 e. The maximum absolute atomic E-state index is 2.99. The molecule has 0 spiro atoms. The second-order valence-electron chi connectivity index (χ2n) is 2.01. The van der Waals surface area contributed by atoms with E-state index in [1.165, 1.54) is 0 Å². The molecule has 0 bridgehead atoms. The smallest absolute Gasteiger partial charge is 1.00 e. The van der Waals surface area contributed by atoms with Crippen molar-refractivity contribution in [3.05, 3.63) is 48.6 Å². The molecular formula is C10H12Zr-2. The third-order valence-corrected chi connectivity index (χ3v) is 1.17. The molecule has 11 heavy (non-hydrogen) atoms. The predicted molar refractivity (Wildman–Crippen MR) is 45.4 cm³/mol. The zero-order valence-corrected chi connectivity index (χ0v) is 8.84. The molecule has 0 nitrogen and oxygen atoms in total. The molecular weight excluding hydrogens is 211 g/mol. The summed E-state index contributed by atoms with van der Waals surface area (Å²) in [6, 6.07) is 0. The van der Waals surface area contributed by atoms with Crippen LogP contribution in [0.3, 0.4) is 0 Å². The first-order chi connectivity index (χ1) is 5.00. The van der Waals surface area contributed by atoms with Gasteiger partial charge in [0.2, 0.25) is 0 Å². The van der Waals surface area contributed by atoms with Crippen molar-refractivity contribution >= 4 is 0 Å². The van der Waals surface area contributed by atoms with Crippen LogP contribution in [0, 0.1) is 12.2 Å². The average Bonchev–Trinajstić information content (AvgIpc) is 2.67. The predicted octanol–water partition coefficient (Wildman–Crippen LogP) is 2.83. The van der Waals surface area contributed by atoms with Gasteiger partial charge in [0.25, 0.3) is 0 Å². The summed E-state index contributed by atoms with van der Waals surface area (Å²) < 4.78 is 0. The number of allylic oxidation sites excluding steroid dienone is 8. The summed E-state index contributed by atoms with van der Waals surface area (Å²) in [6.45, 7) is 0. The van der Waals surface area contributed by atoms with Crippen LogP contribution in [-0.2, 0) is 26.2 Å². The Bertz CT molecular complexity index is 151. The first-order valence-electron chi connectivity index (χ1n) is 3.43. The number of rotatable bonds is 0. The zero-order chi connectivity index (χ0) is 7.07. The Labute approximate surface area is 90.5 Å². The number of hydrogen-bond donors (Lipinski definition) is 0. The molecule has 2 aliphatic carbocycles. The maximum Gasteiger partial charge on any atom is 2.00 e. The normalized spacial score (nSPS) is 16.0. The summed E-state index contributed by atoms with van der Waals surface area (Å²) in [7, 11) is 0. The summed E-state index contributed by atoms with van der Waals surface area (Å²) in [5, 5.41) is 0. The Morgan fingerprint density at radius 1 is 0.909 bits per heavy atom. The van der Waals surface area contributed by atoms with Gasteiger partial charge in [0.15, 0.2) is 0 Å². The molecule has 0 saturated carbocycles. The van der Waals surface area contributed by atoms with E-state index in [-0.39, 0.29) is 29.1 Å². The minimum atomic E-state index is 0. The Morgan fingerprint density at radius 2 is 1.36 bits per heavy atom. The van der Waals surface area contributed by atoms with Gasteiger partial charge in [-0.2, -0.15) is 12.2 Å². The van der Waals surface area contributed by atoms with Crippen molar-refractivity contribution in [1.29, 1.82) is 0 Å². The van der Waals surface area contributed by atoms with Gasteiger partial charge in [-0.15, -0.1) is 12.8 Å². The largest absolute Gasteiger partial charge is 2.00 e. The van der Waals surface area contributed by atoms with Crippen LogP contribution in [0.4, 0.5) is 0 Å². The van der Waals surface area contributed by atoms with Gasteiger partial charge < -0.3 is 2.85 Å². The van der Waals surface area contributed by atoms with Gasteiger partial charge in [-0.05, 0) is 0 Å².